The number of urea groups is 1. The summed E-state index contributed by atoms with van der Waals surface area (Å²) in [4.78, 5) is 29.6. The van der Waals surface area contributed by atoms with E-state index in [-0.39, 0.29) is 12.1 Å². The van der Waals surface area contributed by atoms with Crippen LogP contribution in [0.15, 0.2) is 60.8 Å². The smallest absolute Gasteiger partial charge is 0.320 e. The van der Waals surface area contributed by atoms with Crippen LogP contribution in [0.3, 0.4) is 0 Å². The number of anilines is 2. The van der Waals surface area contributed by atoms with Crippen LogP contribution in [-0.2, 0) is 6.54 Å². The van der Waals surface area contributed by atoms with Crippen molar-refractivity contribution in [3.05, 3.63) is 66.4 Å². The summed E-state index contributed by atoms with van der Waals surface area (Å²) in [6, 6.07) is 18.4. The van der Waals surface area contributed by atoms with E-state index >= 15 is 0 Å². The molecule has 2 amide bonds. The molecule has 4 heterocycles. The Labute approximate surface area is 281 Å². The van der Waals surface area contributed by atoms with Gasteiger partial charge in [0.15, 0.2) is 5.65 Å². The fraction of sp³-hybridized carbons (Fsp3) is 0.429. The number of hydrogen-bond donors (Lipinski definition) is 5. The summed E-state index contributed by atoms with van der Waals surface area (Å²) in [5, 5.41) is 12.3. The number of piperidine rings is 1. The molecule has 0 saturated carbocycles. The van der Waals surface area contributed by atoms with E-state index in [9.17, 15) is 4.79 Å². The van der Waals surface area contributed by atoms with E-state index in [1.165, 1.54) is 5.56 Å². The lowest BCUT2D eigenvalue weighted by Crippen LogP contribution is -2.49. The Kier molecular flexibility index (Phi) is 10.2. The Bertz CT molecular complexity index is 1680. The van der Waals surface area contributed by atoms with Crippen LogP contribution in [0.4, 0.5) is 16.6 Å². The molecule has 13 heteroatoms. The van der Waals surface area contributed by atoms with Crippen LogP contribution < -0.4 is 36.4 Å². The van der Waals surface area contributed by atoms with E-state index < -0.39 is 5.54 Å². The molecule has 2 fully saturated rings. The average molecular weight is 655 g/mol. The number of nitrogens with zero attached hydrogens (tertiary/aromatic N) is 5. The van der Waals surface area contributed by atoms with Crippen LogP contribution in [-0.4, -0.2) is 88.9 Å². The van der Waals surface area contributed by atoms with E-state index in [2.05, 4.69) is 72.1 Å². The third-order valence-corrected chi connectivity index (χ3v) is 8.53. The maximum absolute atomic E-state index is 13.0. The van der Waals surface area contributed by atoms with Gasteiger partial charge in [0.05, 0.1) is 20.3 Å². The number of fused-ring (bicyclic) bond motifs is 1. The van der Waals surface area contributed by atoms with Crippen LogP contribution >= 0.6 is 0 Å². The third-order valence-electron chi connectivity index (χ3n) is 8.53. The highest BCUT2D eigenvalue weighted by Gasteiger charge is 2.30. The number of likely N-dealkylation sites (tertiary alicyclic amines) is 1. The zero-order valence-electron chi connectivity index (χ0n) is 28.3. The van der Waals surface area contributed by atoms with Crippen LogP contribution in [0.25, 0.3) is 22.2 Å². The van der Waals surface area contributed by atoms with Gasteiger partial charge in [0, 0.05) is 67.5 Å². The van der Waals surface area contributed by atoms with Crippen molar-refractivity contribution in [1.29, 1.82) is 0 Å². The quantitative estimate of drug-likeness (QED) is 0.166. The van der Waals surface area contributed by atoms with Gasteiger partial charge < -0.3 is 20.1 Å². The Hall–Kier alpha value is -4.56. The molecule has 1 unspecified atom stereocenters. The number of hydrazine groups is 2. The van der Waals surface area contributed by atoms with Crippen molar-refractivity contribution in [1.82, 2.24) is 41.1 Å². The Balaban J connectivity index is 1.12. The van der Waals surface area contributed by atoms with Crippen LogP contribution in [0.1, 0.15) is 39.2 Å². The number of pyridine rings is 1. The fourth-order valence-electron chi connectivity index (χ4n) is 6.11. The van der Waals surface area contributed by atoms with Gasteiger partial charge in [0.1, 0.15) is 17.3 Å². The Morgan fingerprint density at radius 1 is 1.00 bits per heavy atom. The molecule has 0 radical (unpaired) electrons. The first kappa shape index (κ1) is 33.3. The molecule has 0 bridgehead atoms. The summed E-state index contributed by atoms with van der Waals surface area (Å²) in [5.74, 6) is 2.06. The van der Waals surface area contributed by atoms with Crippen molar-refractivity contribution < 1.29 is 14.3 Å². The maximum Gasteiger partial charge on any atom is 0.320 e. The molecule has 0 aliphatic carbocycles. The molecular formula is C35H46N10O3. The lowest BCUT2D eigenvalue weighted by atomic mass is 10.0. The van der Waals surface area contributed by atoms with Crippen molar-refractivity contribution in [3.8, 4) is 22.6 Å². The second-order valence-corrected chi connectivity index (χ2v) is 13.4. The number of rotatable bonds is 10. The molecule has 254 valence electrons. The van der Waals surface area contributed by atoms with E-state index in [1.54, 1.807) is 26.5 Å². The molecule has 2 saturated heterocycles. The summed E-state index contributed by atoms with van der Waals surface area (Å²) in [5.41, 5.74) is 9.64. The molecule has 1 atom stereocenters. The van der Waals surface area contributed by atoms with E-state index in [4.69, 9.17) is 19.4 Å². The zero-order valence-corrected chi connectivity index (χ0v) is 28.3. The number of aromatic nitrogens is 3. The number of benzene rings is 2. The molecule has 2 aliphatic rings. The van der Waals surface area contributed by atoms with Crippen molar-refractivity contribution in [2.75, 3.05) is 51.0 Å². The first-order valence-corrected chi connectivity index (χ1v) is 16.4. The van der Waals surface area contributed by atoms with Crippen LogP contribution in [0.5, 0.6) is 11.5 Å². The SMILES string of the molecule is COc1cc(OC)cc(-c2cc3cnc(NCC4CN(C5CCN(Cc6ccccc6)CC5)NN4)nc3nc2NC(=O)NC(C)(C)C)c1. The number of hydrogen-bond acceptors (Lipinski definition) is 11. The minimum Gasteiger partial charge on any atom is -0.497 e. The minimum absolute atomic E-state index is 0.170. The molecule has 5 N–H and O–H groups in total. The monoisotopic (exact) mass is 654 g/mol. The predicted molar refractivity (Wildman–Crippen MR) is 188 cm³/mol. The maximum atomic E-state index is 13.0. The topological polar surface area (TPSA) is 141 Å². The van der Waals surface area contributed by atoms with Gasteiger partial charge >= 0.3 is 6.03 Å². The van der Waals surface area contributed by atoms with Crippen molar-refractivity contribution in [2.24, 2.45) is 0 Å². The highest BCUT2D eigenvalue weighted by Crippen LogP contribution is 2.35. The van der Waals surface area contributed by atoms with Crippen LogP contribution in [0.2, 0.25) is 0 Å². The number of carbonyl (C=O) groups excluding carboxylic acids is 1. The summed E-state index contributed by atoms with van der Waals surface area (Å²) >= 11 is 0. The molecule has 2 aliphatic heterocycles. The van der Waals surface area contributed by atoms with Crippen molar-refractivity contribution >= 4 is 28.8 Å². The van der Waals surface area contributed by atoms with Gasteiger partial charge in [-0.25, -0.2) is 25.2 Å². The third kappa shape index (κ3) is 8.47. The fourth-order valence-corrected chi connectivity index (χ4v) is 6.11. The number of amides is 2. The minimum atomic E-state index is -0.433. The van der Waals surface area contributed by atoms with E-state index in [0.29, 0.717) is 47.1 Å². The highest BCUT2D eigenvalue weighted by molar-refractivity contribution is 5.96. The zero-order chi connectivity index (χ0) is 33.7. The van der Waals surface area contributed by atoms with E-state index in [1.807, 2.05) is 39.0 Å². The predicted octanol–water partition coefficient (Wildman–Crippen LogP) is 4.40. The average Bonchev–Trinajstić information content (AvgIpc) is 3.56. The van der Waals surface area contributed by atoms with Crippen LogP contribution in [0, 0.1) is 0 Å². The van der Waals surface area contributed by atoms with Crippen molar-refractivity contribution in [3.63, 3.8) is 0 Å². The molecule has 2 aromatic heterocycles. The highest BCUT2D eigenvalue weighted by atomic mass is 16.5. The van der Waals surface area contributed by atoms with E-state index in [0.717, 1.165) is 50.0 Å². The standard InChI is InChI=1S/C35H46N10O3/c1-35(2,3)41-34(46)40-32-30(24-15-28(47-4)18-29(16-24)48-5)17-25-19-36-33(39-31(25)38-32)37-20-26-22-45(43-42-26)27-11-13-44(14-12-27)21-23-9-7-6-8-10-23/h6-10,15-19,26-27,42-43H,11-14,20-22H2,1-5H3,(H3,36,37,38,39,40,41,46). The normalized spacial score (nSPS) is 17.7. The molecule has 13 nitrogen and oxygen atoms in total. The Morgan fingerprint density at radius 2 is 1.73 bits per heavy atom. The molecular weight excluding hydrogens is 608 g/mol. The van der Waals surface area contributed by atoms with Gasteiger partial charge in [0.2, 0.25) is 5.95 Å². The van der Waals surface area contributed by atoms with Gasteiger partial charge in [-0.3, -0.25) is 10.2 Å². The number of ether oxygens (including phenoxy) is 2. The first-order valence-electron chi connectivity index (χ1n) is 16.4. The number of carbonyl (C=O) groups is 1. The van der Waals surface area contributed by atoms with Gasteiger partial charge in [-0.05, 0) is 62.9 Å². The molecule has 48 heavy (non-hydrogen) atoms. The molecule has 6 rings (SSSR count). The van der Waals surface area contributed by atoms with Gasteiger partial charge in [-0.2, -0.15) is 10.5 Å². The van der Waals surface area contributed by atoms with Gasteiger partial charge in [0.25, 0.3) is 0 Å². The number of methoxy groups -OCH3 is 2. The van der Waals surface area contributed by atoms with Gasteiger partial charge in [-0.1, -0.05) is 30.3 Å². The van der Waals surface area contributed by atoms with Crippen molar-refractivity contribution in [2.45, 2.75) is 57.8 Å². The van der Waals surface area contributed by atoms with Gasteiger partial charge in [-0.15, -0.1) is 0 Å². The summed E-state index contributed by atoms with van der Waals surface area (Å²) in [6.45, 7) is 10.4. The lowest BCUT2D eigenvalue weighted by molar-refractivity contribution is 0.0843. The second-order valence-electron chi connectivity index (χ2n) is 13.4. The molecule has 4 aromatic rings. The lowest BCUT2D eigenvalue weighted by Gasteiger charge is -2.36. The summed E-state index contributed by atoms with van der Waals surface area (Å²) < 4.78 is 11.0. The molecule has 2 aromatic carbocycles. The second kappa shape index (κ2) is 14.7. The Morgan fingerprint density at radius 3 is 2.42 bits per heavy atom. The summed E-state index contributed by atoms with van der Waals surface area (Å²) in [6.07, 6.45) is 3.99. The molecule has 0 spiro atoms. The summed E-state index contributed by atoms with van der Waals surface area (Å²) in [7, 11) is 3.20. The largest absolute Gasteiger partial charge is 0.497 e. The number of nitrogens with one attached hydrogen (secondary N) is 5. The first-order chi connectivity index (χ1) is 23.2.